The van der Waals surface area contributed by atoms with Crippen LogP contribution in [0.15, 0.2) is 115 Å². The summed E-state index contributed by atoms with van der Waals surface area (Å²) in [4.78, 5) is 12.9. The molecule has 0 aromatic heterocycles. The first-order valence-electron chi connectivity index (χ1n) is 13.1. The van der Waals surface area contributed by atoms with E-state index in [1.807, 2.05) is 48.5 Å². The Bertz CT molecular complexity index is 1610. The molecule has 194 valence electrons. The second-order valence-electron chi connectivity index (χ2n) is 10.6. The van der Waals surface area contributed by atoms with E-state index in [1.165, 1.54) is 5.56 Å². The number of benzene rings is 5. The molecule has 1 N–H and O–H groups in total. The van der Waals surface area contributed by atoms with Gasteiger partial charge in [-0.05, 0) is 72.5 Å². The first-order chi connectivity index (χ1) is 18.7. The average molecular weight is 513 g/mol. The van der Waals surface area contributed by atoms with E-state index in [2.05, 4.69) is 76.2 Å². The molecule has 0 saturated carbocycles. The van der Waals surface area contributed by atoms with Crippen molar-refractivity contribution < 1.29 is 14.6 Å². The minimum Gasteiger partial charge on any atom is -0.507 e. The summed E-state index contributed by atoms with van der Waals surface area (Å²) in [6.07, 6.45) is 0. The Hall–Kier alpha value is -4.63. The second-order valence-corrected chi connectivity index (χ2v) is 10.6. The first kappa shape index (κ1) is 26.0. The summed E-state index contributed by atoms with van der Waals surface area (Å²) in [5.41, 5.74) is 8.17. The molecule has 5 rings (SSSR count). The number of aryl methyl sites for hydroxylation is 2. The maximum Gasteiger partial charge on any atom is 0.343 e. The predicted octanol–water partition coefficient (Wildman–Crippen LogP) is 8.89. The van der Waals surface area contributed by atoms with Gasteiger partial charge in [-0.3, -0.25) is 0 Å². The second kappa shape index (κ2) is 10.6. The highest BCUT2D eigenvalue weighted by Gasteiger charge is 2.26. The molecule has 3 heteroatoms. The van der Waals surface area contributed by atoms with Gasteiger partial charge in [0.1, 0.15) is 11.5 Å². The Morgan fingerprint density at radius 2 is 1.15 bits per heavy atom. The van der Waals surface area contributed by atoms with E-state index in [0.717, 1.165) is 38.9 Å². The van der Waals surface area contributed by atoms with Crippen molar-refractivity contribution in [3.8, 4) is 33.8 Å². The summed E-state index contributed by atoms with van der Waals surface area (Å²) >= 11 is 0. The molecule has 0 saturated heterocycles. The normalized spacial score (nSPS) is 11.3. The maximum absolute atomic E-state index is 12.9. The van der Waals surface area contributed by atoms with Crippen molar-refractivity contribution in [1.29, 1.82) is 0 Å². The SMILES string of the molecule is Cc1ccc(-c2cc(C(C)(C)c3ccc(OC(=O)c4ccccc4)c(-c4ccc(C)cc4)c3)ccc2O)cc1. The zero-order valence-corrected chi connectivity index (χ0v) is 22.7. The van der Waals surface area contributed by atoms with Gasteiger partial charge in [0.15, 0.2) is 0 Å². The number of carbonyl (C=O) groups excluding carboxylic acids is 1. The van der Waals surface area contributed by atoms with Crippen molar-refractivity contribution in [1.82, 2.24) is 0 Å². The summed E-state index contributed by atoms with van der Waals surface area (Å²) < 4.78 is 5.92. The lowest BCUT2D eigenvalue weighted by molar-refractivity contribution is 0.0735. The Kier molecular flexibility index (Phi) is 7.08. The van der Waals surface area contributed by atoms with E-state index >= 15 is 0 Å². The monoisotopic (exact) mass is 512 g/mol. The lowest BCUT2D eigenvalue weighted by Crippen LogP contribution is -2.19. The molecule has 0 radical (unpaired) electrons. The van der Waals surface area contributed by atoms with Crippen LogP contribution in [0.5, 0.6) is 11.5 Å². The Labute approximate surface area is 230 Å². The van der Waals surface area contributed by atoms with Crippen LogP contribution >= 0.6 is 0 Å². The van der Waals surface area contributed by atoms with Crippen LogP contribution in [0.3, 0.4) is 0 Å². The number of aromatic hydroxyl groups is 1. The lowest BCUT2D eigenvalue weighted by atomic mass is 9.76. The van der Waals surface area contributed by atoms with Gasteiger partial charge in [0.05, 0.1) is 5.56 Å². The molecule has 5 aromatic carbocycles. The molecule has 0 spiro atoms. The topological polar surface area (TPSA) is 46.5 Å². The van der Waals surface area contributed by atoms with Crippen molar-refractivity contribution in [3.63, 3.8) is 0 Å². The van der Waals surface area contributed by atoms with E-state index in [4.69, 9.17) is 4.74 Å². The number of hydrogen-bond donors (Lipinski definition) is 1. The number of carbonyl (C=O) groups is 1. The van der Waals surface area contributed by atoms with Crippen molar-refractivity contribution >= 4 is 5.97 Å². The number of phenolic OH excluding ortho intramolecular Hbond substituents is 1. The fraction of sp³-hybridized carbons (Fsp3) is 0.139. The summed E-state index contributed by atoms with van der Waals surface area (Å²) in [7, 11) is 0. The van der Waals surface area contributed by atoms with Crippen LogP contribution in [0.2, 0.25) is 0 Å². The van der Waals surface area contributed by atoms with E-state index in [1.54, 1.807) is 18.2 Å². The first-order valence-corrected chi connectivity index (χ1v) is 13.1. The molecule has 0 amide bonds. The molecular weight excluding hydrogens is 480 g/mol. The van der Waals surface area contributed by atoms with Crippen LogP contribution in [-0.4, -0.2) is 11.1 Å². The molecule has 0 fully saturated rings. The van der Waals surface area contributed by atoms with Gasteiger partial charge in [0.25, 0.3) is 0 Å². The standard InChI is InChI=1S/C36H32O3/c1-24-10-14-26(15-11-24)31-22-29(18-20-33(31)37)36(3,4)30-19-21-34(39-35(38)28-8-6-5-7-9-28)32(23-30)27-16-12-25(2)13-17-27/h5-23,37H,1-4H3. The third kappa shape index (κ3) is 5.49. The van der Waals surface area contributed by atoms with Crippen LogP contribution in [-0.2, 0) is 5.41 Å². The largest absolute Gasteiger partial charge is 0.507 e. The molecule has 0 atom stereocenters. The molecule has 5 aromatic rings. The molecule has 0 aliphatic heterocycles. The van der Waals surface area contributed by atoms with Gasteiger partial charge in [0.2, 0.25) is 0 Å². The molecular formula is C36H32O3. The Morgan fingerprint density at radius 3 is 1.74 bits per heavy atom. The van der Waals surface area contributed by atoms with Gasteiger partial charge in [0, 0.05) is 16.5 Å². The van der Waals surface area contributed by atoms with E-state index in [9.17, 15) is 9.90 Å². The minimum atomic E-state index is -0.394. The van der Waals surface area contributed by atoms with E-state index < -0.39 is 11.4 Å². The van der Waals surface area contributed by atoms with Crippen molar-refractivity contribution in [2.75, 3.05) is 0 Å². The van der Waals surface area contributed by atoms with Crippen LogP contribution in [0.4, 0.5) is 0 Å². The van der Waals surface area contributed by atoms with Gasteiger partial charge in [-0.15, -0.1) is 0 Å². The third-order valence-electron chi connectivity index (χ3n) is 7.36. The fourth-order valence-electron chi connectivity index (χ4n) is 4.76. The molecule has 0 unspecified atom stereocenters. The molecule has 39 heavy (non-hydrogen) atoms. The average Bonchev–Trinajstić information content (AvgIpc) is 2.95. The van der Waals surface area contributed by atoms with Gasteiger partial charge >= 0.3 is 5.97 Å². The summed E-state index contributed by atoms with van der Waals surface area (Å²) in [6, 6.07) is 37.2. The lowest BCUT2D eigenvalue weighted by Gasteiger charge is -2.28. The number of ether oxygens (including phenoxy) is 1. The number of rotatable bonds is 6. The highest BCUT2D eigenvalue weighted by atomic mass is 16.5. The molecule has 3 nitrogen and oxygen atoms in total. The maximum atomic E-state index is 12.9. The summed E-state index contributed by atoms with van der Waals surface area (Å²) in [5.74, 6) is 0.373. The summed E-state index contributed by atoms with van der Waals surface area (Å²) in [6.45, 7) is 8.44. The van der Waals surface area contributed by atoms with E-state index in [0.29, 0.717) is 11.3 Å². The molecule has 0 heterocycles. The summed E-state index contributed by atoms with van der Waals surface area (Å²) in [5, 5.41) is 10.7. The van der Waals surface area contributed by atoms with Crippen LogP contribution in [0.25, 0.3) is 22.3 Å². The Balaban J connectivity index is 1.57. The smallest absolute Gasteiger partial charge is 0.343 e. The van der Waals surface area contributed by atoms with Crippen LogP contribution in [0.1, 0.15) is 46.5 Å². The van der Waals surface area contributed by atoms with Crippen molar-refractivity contribution in [2.24, 2.45) is 0 Å². The third-order valence-corrected chi connectivity index (χ3v) is 7.36. The predicted molar refractivity (Wildman–Crippen MR) is 158 cm³/mol. The van der Waals surface area contributed by atoms with E-state index in [-0.39, 0.29) is 5.75 Å². The molecule has 0 bridgehead atoms. The van der Waals surface area contributed by atoms with Gasteiger partial charge in [-0.25, -0.2) is 4.79 Å². The van der Waals surface area contributed by atoms with Crippen LogP contribution in [0, 0.1) is 13.8 Å². The minimum absolute atomic E-state index is 0.252. The highest BCUT2D eigenvalue weighted by Crippen LogP contribution is 2.41. The number of hydrogen-bond acceptors (Lipinski definition) is 3. The highest BCUT2D eigenvalue weighted by molar-refractivity contribution is 5.92. The van der Waals surface area contributed by atoms with Gasteiger partial charge in [-0.2, -0.15) is 0 Å². The van der Waals surface area contributed by atoms with Crippen molar-refractivity contribution in [2.45, 2.75) is 33.1 Å². The zero-order chi connectivity index (χ0) is 27.6. The number of phenols is 1. The van der Waals surface area contributed by atoms with Crippen molar-refractivity contribution in [3.05, 3.63) is 143 Å². The molecule has 0 aliphatic rings. The zero-order valence-electron chi connectivity index (χ0n) is 22.7. The van der Waals surface area contributed by atoms with Crippen LogP contribution < -0.4 is 4.74 Å². The fourth-order valence-corrected chi connectivity index (χ4v) is 4.76. The van der Waals surface area contributed by atoms with Gasteiger partial charge in [-0.1, -0.05) is 104 Å². The van der Waals surface area contributed by atoms with Gasteiger partial charge < -0.3 is 9.84 Å². The quantitative estimate of drug-likeness (QED) is 0.182. The molecule has 0 aliphatic carbocycles. The number of esters is 1. The Morgan fingerprint density at radius 1 is 0.641 bits per heavy atom.